The second kappa shape index (κ2) is 8.81. The van der Waals surface area contributed by atoms with Crippen LogP contribution in [-0.4, -0.2) is 17.4 Å². The van der Waals surface area contributed by atoms with Gasteiger partial charge < -0.3 is 10.1 Å². The van der Waals surface area contributed by atoms with Gasteiger partial charge in [-0.05, 0) is 54.8 Å². The summed E-state index contributed by atoms with van der Waals surface area (Å²) in [6.45, 7) is 2.59. The minimum absolute atomic E-state index is 0.0460. The van der Waals surface area contributed by atoms with Gasteiger partial charge in [-0.2, -0.15) is 0 Å². The van der Waals surface area contributed by atoms with Crippen LogP contribution in [0.4, 0.5) is 0 Å². The minimum atomic E-state index is -0.0865. The molecular weight excluding hydrogens is 324 g/mol. The summed E-state index contributed by atoms with van der Waals surface area (Å²) in [6.07, 6.45) is 4.27. The number of rotatable bonds is 7. The highest BCUT2D eigenvalue weighted by molar-refractivity contribution is 5.94. The molecule has 0 aliphatic rings. The van der Waals surface area contributed by atoms with Crippen molar-refractivity contribution in [1.29, 1.82) is 0 Å². The molecule has 1 atom stereocenters. The van der Waals surface area contributed by atoms with Gasteiger partial charge in [0.1, 0.15) is 11.9 Å². The predicted molar refractivity (Wildman–Crippen MR) is 102 cm³/mol. The molecular formula is C22H22N2O2. The van der Waals surface area contributed by atoms with Crippen molar-refractivity contribution in [3.8, 4) is 5.75 Å². The number of aromatic nitrogens is 1. The number of ether oxygens (including phenoxy) is 1. The average Bonchev–Trinajstić information content (AvgIpc) is 2.70. The number of nitrogens with one attached hydrogen (secondary N) is 1. The van der Waals surface area contributed by atoms with Gasteiger partial charge in [-0.15, -0.1) is 0 Å². The molecule has 1 aromatic heterocycles. The van der Waals surface area contributed by atoms with E-state index in [2.05, 4.69) is 10.3 Å². The highest BCUT2D eigenvalue weighted by Crippen LogP contribution is 2.21. The molecule has 1 amide bonds. The topological polar surface area (TPSA) is 51.2 Å². The van der Waals surface area contributed by atoms with Gasteiger partial charge in [0, 0.05) is 24.5 Å². The SMILES string of the molecule is CC(Oc1ccc(C(=O)NCCc2cccnc2)cc1)c1ccccc1. The number of carbonyl (C=O) groups excluding carboxylic acids is 1. The van der Waals surface area contributed by atoms with Crippen LogP contribution in [0.15, 0.2) is 79.1 Å². The van der Waals surface area contributed by atoms with E-state index < -0.39 is 0 Å². The lowest BCUT2D eigenvalue weighted by Crippen LogP contribution is -2.25. The lowest BCUT2D eigenvalue weighted by atomic mass is 10.1. The quantitative estimate of drug-likeness (QED) is 0.698. The Morgan fingerprint density at radius 1 is 1.04 bits per heavy atom. The van der Waals surface area contributed by atoms with Crippen molar-refractivity contribution in [3.63, 3.8) is 0 Å². The Bertz CT molecular complexity index is 818. The van der Waals surface area contributed by atoms with Crippen molar-refractivity contribution >= 4 is 5.91 Å². The molecule has 2 aromatic carbocycles. The van der Waals surface area contributed by atoms with Crippen molar-refractivity contribution in [2.45, 2.75) is 19.4 Å². The Morgan fingerprint density at radius 2 is 1.81 bits per heavy atom. The molecule has 4 nitrogen and oxygen atoms in total. The van der Waals surface area contributed by atoms with Crippen LogP contribution in [0.3, 0.4) is 0 Å². The first-order chi connectivity index (χ1) is 12.7. The number of hydrogen-bond donors (Lipinski definition) is 1. The first kappa shape index (κ1) is 17.7. The van der Waals surface area contributed by atoms with Gasteiger partial charge in [-0.25, -0.2) is 0 Å². The van der Waals surface area contributed by atoms with E-state index in [1.165, 1.54) is 0 Å². The molecule has 1 N–H and O–H groups in total. The number of amides is 1. The lowest BCUT2D eigenvalue weighted by molar-refractivity contribution is 0.0954. The molecule has 0 bridgehead atoms. The summed E-state index contributed by atoms with van der Waals surface area (Å²) in [5.41, 5.74) is 2.84. The molecule has 0 radical (unpaired) electrons. The van der Waals surface area contributed by atoms with E-state index in [1.807, 2.05) is 67.7 Å². The van der Waals surface area contributed by atoms with E-state index >= 15 is 0 Å². The summed E-state index contributed by atoms with van der Waals surface area (Å²) in [6, 6.07) is 21.2. The Balaban J connectivity index is 1.51. The molecule has 0 spiro atoms. The third-order valence-electron chi connectivity index (χ3n) is 4.12. The largest absolute Gasteiger partial charge is 0.486 e. The fraction of sp³-hybridized carbons (Fsp3) is 0.182. The third kappa shape index (κ3) is 4.93. The van der Waals surface area contributed by atoms with E-state index in [0.717, 1.165) is 23.3 Å². The van der Waals surface area contributed by atoms with Crippen LogP contribution in [0.1, 0.15) is 34.5 Å². The van der Waals surface area contributed by atoms with Crippen LogP contribution < -0.4 is 10.1 Å². The number of benzene rings is 2. The number of carbonyl (C=O) groups is 1. The zero-order valence-electron chi connectivity index (χ0n) is 14.8. The molecule has 26 heavy (non-hydrogen) atoms. The minimum Gasteiger partial charge on any atom is -0.486 e. The Hall–Kier alpha value is -3.14. The standard InChI is InChI=1S/C22H22N2O2/c1-17(19-7-3-2-4-8-19)26-21-11-9-20(10-12-21)22(25)24-15-13-18-6-5-14-23-16-18/h2-12,14,16-17H,13,15H2,1H3,(H,24,25). The maximum Gasteiger partial charge on any atom is 0.251 e. The third-order valence-corrected chi connectivity index (χ3v) is 4.12. The molecule has 0 saturated carbocycles. The zero-order valence-corrected chi connectivity index (χ0v) is 14.8. The second-order valence-corrected chi connectivity index (χ2v) is 6.06. The van der Waals surface area contributed by atoms with E-state index in [9.17, 15) is 4.79 Å². The molecule has 1 unspecified atom stereocenters. The molecule has 0 fully saturated rings. The van der Waals surface area contributed by atoms with Gasteiger partial charge in [-0.3, -0.25) is 9.78 Å². The zero-order chi connectivity index (χ0) is 18.2. The molecule has 0 aliphatic heterocycles. The maximum atomic E-state index is 12.2. The van der Waals surface area contributed by atoms with Gasteiger partial charge in [0.2, 0.25) is 0 Å². The second-order valence-electron chi connectivity index (χ2n) is 6.06. The van der Waals surface area contributed by atoms with E-state index in [0.29, 0.717) is 12.1 Å². The Labute approximate surface area is 153 Å². The number of nitrogens with zero attached hydrogens (tertiary/aromatic N) is 1. The van der Waals surface area contributed by atoms with Crippen molar-refractivity contribution in [1.82, 2.24) is 10.3 Å². The Morgan fingerprint density at radius 3 is 2.50 bits per heavy atom. The fourth-order valence-electron chi connectivity index (χ4n) is 2.65. The number of hydrogen-bond acceptors (Lipinski definition) is 3. The van der Waals surface area contributed by atoms with Crippen molar-refractivity contribution < 1.29 is 9.53 Å². The molecule has 0 saturated heterocycles. The van der Waals surface area contributed by atoms with Crippen LogP contribution in [0, 0.1) is 0 Å². The van der Waals surface area contributed by atoms with E-state index in [1.54, 1.807) is 18.3 Å². The highest BCUT2D eigenvalue weighted by atomic mass is 16.5. The van der Waals surface area contributed by atoms with Crippen molar-refractivity contribution in [2.24, 2.45) is 0 Å². The fourth-order valence-corrected chi connectivity index (χ4v) is 2.65. The van der Waals surface area contributed by atoms with Crippen LogP contribution in [0.2, 0.25) is 0 Å². The molecule has 0 aliphatic carbocycles. The van der Waals surface area contributed by atoms with Crippen LogP contribution in [-0.2, 0) is 6.42 Å². The average molecular weight is 346 g/mol. The summed E-state index contributed by atoms with van der Waals surface area (Å²) in [4.78, 5) is 16.3. The monoisotopic (exact) mass is 346 g/mol. The summed E-state index contributed by atoms with van der Waals surface area (Å²) in [5, 5.41) is 2.93. The van der Waals surface area contributed by atoms with Gasteiger partial charge in [0.15, 0.2) is 0 Å². The molecule has 4 heteroatoms. The van der Waals surface area contributed by atoms with E-state index in [-0.39, 0.29) is 12.0 Å². The van der Waals surface area contributed by atoms with E-state index in [4.69, 9.17) is 4.74 Å². The predicted octanol–water partition coefficient (Wildman–Crippen LogP) is 4.19. The maximum absolute atomic E-state index is 12.2. The van der Waals surface area contributed by atoms with Crippen molar-refractivity contribution in [2.75, 3.05) is 6.54 Å². The summed E-state index contributed by atoms with van der Waals surface area (Å²) in [5.74, 6) is 0.657. The smallest absolute Gasteiger partial charge is 0.251 e. The van der Waals surface area contributed by atoms with Crippen LogP contribution >= 0.6 is 0 Å². The molecule has 3 rings (SSSR count). The normalized spacial score (nSPS) is 11.6. The van der Waals surface area contributed by atoms with Crippen molar-refractivity contribution in [3.05, 3.63) is 95.8 Å². The van der Waals surface area contributed by atoms with Gasteiger partial charge in [0.05, 0.1) is 0 Å². The summed E-state index contributed by atoms with van der Waals surface area (Å²) >= 11 is 0. The number of pyridine rings is 1. The van der Waals surface area contributed by atoms with Crippen LogP contribution in [0.25, 0.3) is 0 Å². The van der Waals surface area contributed by atoms with Gasteiger partial charge in [0.25, 0.3) is 5.91 Å². The lowest BCUT2D eigenvalue weighted by Gasteiger charge is -2.15. The molecule has 1 heterocycles. The first-order valence-corrected chi connectivity index (χ1v) is 8.71. The summed E-state index contributed by atoms with van der Waals surface area (Å²) in [7, 11) is 0. The highest BCUT2D eigenvalue weighted by Gasteiger charge is 2.08. The molecule has 3 aromatic rings. The first-order valence-electron chi connectivity index (χ1n) is 8.71. The molecule has 132 valence electrons. The van der Waals surface area contributed by atoms with Gasteiger partial charge in [-0.1, -0.05) is 36.4 Å². The van der Waals surface area contributed by atoms with Crippen LogP contribution in [0.5, 0.6) is 5.75 Å². The Kier molecular flexibility index (Phi) is 5.99. The van der Waals surface area contributed by atoms with Gasteiger partial charge >= 0.3 is 0 Å². The summed E-state index contributed by atoms with van der Waals surface area (Å²) < 4.78 is 5.94.